The van der Waals surface area contributed by atoms with Gasteiger partial charge in [0.05, 0.1) is 11.4 Å². The van der Waals surface area contributed by atoms with Crippen LogP contribution in [-0.4, -0.2) is 20.5 Å². The first-order valence-electron chi connectivity index (χ1n) is 11.3. The third kappa shape index (κ3) is 5.05. The molecular formula is C25H23FN4O2S2. The SMILES string of the molecule is O=C(Nc1ccccc1SCc1cc(=O)n2nc(C3CCCCC3)sc2n1)c1ccc(F)cc1. The predicted molar refractivity (Wildman–Crippen MR) is 133 cm³/mol. The Morgan fingerprint density at radius 1 is 1.12 bits per heavy atom. The Balaban J connectivity index is 1.32. The lowest BCUT2D eigenvalue weighted by Gasteiger charge is -2.18. The smallest absolute Gasteiger partial charge is 0.275 e. The zero-order chi connectivity index (χ0) is 23.5. The van der Waals surface area contributed by atoms with Gasteiger partial charge in [0.2, 0.25) is 4.96 Å². The number of hydrogen-bond donors (Lipinski definition) is 1. The van der Waals surface area contributed by atoms with Crippen LogP contribution in [0.1, 0.15) is 59.1 Å². The molecule has 4 aromatic rings. The molecule has 0 saturated heterocycles. The summed E-state index contributed by atoms with van der Waals surface area (Å²) in [5.41, 5.74) is 1.53. The minimum Gasteiger partial charge on any atom is -0.321 e. The first-order valence-corrected chi connectivity index (χ1v) is 13.1. The van der Waals surface area contributed by atoms with E-state index in [0.717, 1.165) is 22.7 Å². The van der Waals surface area contributed by atoms with Crippen LogP contribution < -0.4 is 10.9 Å². The van der Waals surface area contributed by atoms with Crippen LogP contribution in [0.15, 0.2) is 64.3 Å². The largest absolute Gasteiger partial charge is 0.321 e. The van der Waals surface area contributed by atoms with Gasteiger partial charge in [-0.1, -0.05) is 42.7 Å². The Labute approximate surface area is 204 Å². The Hall–Kier alpha value is -3.04. The van der Waals surface area contributed by atoms with Crippen LogP contribution in [0.4, 0.5) is 10.1 Å². The number of aromatic nitrogens is 3. The second-order valence-corrected chi connectivity index (χ2v) is 10.3. The lowest BCUT2D eigenvalue weighted by molar-refractivity contribution is 0.102. The van der Waals surface area contributed by atoms with Crippen molar-refractivity contribution < 1.29 is 9.18 Å². The number of carbonyl (C=O) groups is 1. The first-order chi connectivity index (χ1) is 16.6. The Morgan fingerprint density at radius 2 is 1.88 bits per heavy atom. The summed E-state index contributed by atoms with van der Waals surface area (Å²) in [6.07, 6.45) is 5.94. The highest BCUT2D eigenvalue weighted by molar-refractivity contribution is 7.98. The second kappa shape index (κ2) is 10.1. The van der Waals surface area contributed by atoms with Crippen molar-refractivity contribution in [2.45, 2.75) is 48.7 Å². The van der Waals surface area contributed by atoms with Crippen LogP contribution in [0.3, 0.4) is 0 Å². The van der Waals surface area contributed by atoms with Crippen molar-refractivity contribution in [2.24, 2.45) is 0 Å². The molecule has 5 rings (SSSR count). The van der Waals surface area contributed by atoms with E-state index in [0.29, 0.717) is 33.6 Å². The van der Waals surface area contributed by atoms with Gasteiger partial charge in [0, 0.05) is 28.2 Å². The van der Waals surface area contributed by atoms with E-state index >= 15 is 0 Å². The molecule has 1 aliphatic rings. The maximum atomic E-state index is 13.2. The zero-order valence-corrected chi connectivity index (χ0v) is 20.0. The number of thioether (sulfide) groups is 1. The molecule has 0 aliphatic heterocycles. The molecule has 1 amide bonds. The quantitative estimate of drug-likeness (QED) is 0.339. The highest BCUT2D eigenvalue weighted by Crippen LogP contribution is 2.35. The van der Waals surface area contributed by atoms with Crippen molar-refractivity contribution in [3.8, 4) is 0 Å². The number of amides is 1. The molecule has 0 radical (unpaired) electrons. The molecule has 34 heavy (non-hydrogen) atoms. The molecule has 1 aliphatic carbocycles. The van der Waals surface area contributed by atoms with Crippen molar-refractivity contribution in [3.05, 3.63) is 87.0 Å². The molecule has 0 spiro atoms. The predicted octanol–water partition coefficient (Wildman–Crippen LogP) is 5.88. The number of rotatable bonds is 6. The number of nitrogens with one attached hydrogen (secondary N) is 1. The minimum absolute atomic E-state index is 0.170. The fourth-order valence-corrected chi connectivity index (χ4v) is 6.10. The summed E-state index contributed by atoms with van der Waals surface area (Å²) in [5.74, 6) is 0.200. The summed E-state index contributed by atoms with van der Waals surface area (Å²) in [7, 11) is 0. The summed E-state index contributed by atoms with van der Waals surface area (Å²) >= 11 is 3.00. The van der Waals surface area contributed by atoms with Crippen molar-refractivity contribution in [1.82, 2.24) is 14.6 Å². The summed E-state index contributed by atoms with van der Waals surface area (Å²) in [6, 6.07) is 14.4. The molecule has 0 bridgehead atoms. The van der Waals surface area contributed by atoms with Gasteiger partial charge in [-0.25, -0.2) is 9.37 Å². The normalized spacial score (nSPS) is 14.4. The van der Waals surface area contributed by atoms with Crippen LogP contribution in [0.5, 0.6) is 0 Å². The summed E-state index contributed by atoms with van der Waals surface area (Å²) in [5, 5.41) is 8.45. The highest BCUT2D eigenvalue weighted by Gasteiger charge is 2.21. The van der Waals surface area contributed by atoms with E-state index in [1.54, 1.807) is 0 Å². The van der Waals surface area contributed by atoms with Crippen LogP contribution in [0.2, 0.25) is 0 Å². The molecule has 2 aromatic heterocycles. The molecule has 174 valence electrons. The molecule has 6 nitrogen and oxygen atoms in total. The monoisotopic (exact) mass is 494 g/mol. The first kappa shape index (κ1) is 22.7. The van der Waals surface area contributed by atoms with E-state index in [9.17, 15) is 14.0 Å². The van der Waals surface area contributed by atoms with Crippen molar-refractivity contribution in [1.29, 1.82) is 0 Å². The van der Waals surface area contributed by atoms with Gasteiger partial charge in [-0.2, -0.15) is 9.61 Å². The number of para-hydroxylation sites is 1. The molecule has 0 unspecified atom stereocenters. The molecule has 0 atom stereocenters. The van der Waals surface area contributed by atoms with Gasteiger partial charge in [0.15, 0.2) is 0 Å². The van der Waals surface area contributed by atoms with Crippen molar-refractivity contribution in [2.75, 3.05) is 5.32 Å². The van der Waals surface area contributed by atoms with E-state index in [4.69, 9.17) is 0 Å². The van der Waals surface area contributed by atoms with Gasteiger partial charge in [0.25, 0.3) is 11.5 Å². The van der Waals surface area contributed by atoms with Gasteiger partial charge >= 0.3 is 0 Å². The fraction of sp³-hybridized carbons (Fsp3) is 0.280. The average Bonchev–Trinajstić information content (AvgIpc) is 3.29. The Bertz CT molecular complexity index is 1380. The topological polar surface area (TPSA) is 76.4 Å². The maximum absolute atomic E-state index is 13.2. The second-order valence-electron chi connectivity index (χ2n) is 8.30. The third-order valence-corrected chi connectivity index (χ3v) is 8.06. The maximum Gasteiger partial charge on any atom is 0.275 e. The lowest BCUT2D eigenvalue weighted by atomic mass is 9.90. The summed E-state index contributed by atoms with van der Waals surface area (Å²) in [6.45, 7) is 0. The lowest BCUT2D eigenvalue weighted by Crippen LogP contribution is -2.16. The average molecular weight is 495 g/mol. The number of halogens is 1. The number of hydrogen-bond acceptors (Lipinski definition) is 6. The molecule has 2 heterocycles. The van der Waals surface area contributed by atoms with E-state index < -0.39 is 0 Å². The minimum atomic E-state index is -0.389. The third-order valence-electron chi connectivity index (χ3n) is 5.89. The van der Waals surface area contributed by atoms with Gasteiger partial charge in [0.1, 0.15) is 10.8 Å². The molecule has 1 N–H and O–H groups in total. The molecule has 1 fully saturated rings. The molecule has 9 heteroatoms. The Kier molecular flexibility index (Phi) is 6.73. The van der Waals surface area contributed by atoms with Crippen molar-refractivity contribution in [3.63, 3.8) is 0 Å². The van der Waals surface area contributed by atoms with Gasteiger partial charge < -0.3 is 5.32 Å². The standard InChI is InChI=1S/C25H23FN4O2S2/c26-18-12-10-16(11-13-18)23(32)28-20-8-4-5-9-21(20)33-15-19-14-22(31)30-25(27-19)34-24(29-30)17-6-2-1-3-7-17/h4-5,8-14,17H,1-3,6-7,15H2,(H,28,32). The fourth-order valence-electron chi connectivity index (χ4n) is 4.10. The zero-order valence-electron chi connectivity index (χ0n) is 18.4. The molecule has 2 aromatic carbocycles. The molecular weight excluding hydrogens is 471 g/mol. The number of carbonyl (C=O) groups excluding carboxylic acids is 1. The highest BCUT2D eigenvalue weighted by atomic mass is 32.2. The number of benzene rings is 2. The van der Waals surface area contributed by atoms with E-state index in [2.05, 4.69) is 15.4 Å². The van der Waals surface area contributed by atoms with E-state index in [-0.39, 0.29) is 17.3 Å². The van der Waals surface area contributed by atoms with Crippen LogP contribution in [-0.2, 0) is 5.75 Å². The van der Waals surface area contributed by atoms with E-state index in [1.165, 1.54) is 77.2 Å². The van der Waals surface area contributed by atoms with Gasteiger partial charge in [-0.05, 0) is 49.2 Å². The number of fused-ring (bicyclic) bond motifs is 1. The number of nitrogens with zero attached hydrogens (tertiary/aromatic N) is 3. The number of anilines is 1. The van der Waals surface area contributed by atoms with Crippen LogP contribution in [0.25, 0.3) is 4.96 Å². The van der Waals surface area contributed by atoms with Gasteiger partial charge in [-0.15, -0.1) is 11.8 Å². The van der Waals surface area contributed by atoms with E-state index in [1.807, 2.05) is 24.3 Å². The summed E-state index contributed by atoms with van der Waals surface area (Å²) in [4.78, 5) is 31.4. The summed E-state index contributed by atoms with van der Waals surface area (Å²) < 4.78 is 14.6. The van der Waals surface area contributed by atoms with Gasteiger partial charge in [-0.3, -0.25) is 9.59 Å². The molecule has 1 saturated carbocycles. The van der Waals surface area contributed by atoms with Crippen LogP contribution >= 0.6 is 23.1 Å². The Morgan fingerprint density at radius 3 is 2.68 bits per heavy atom. The van der Waals surface area contributed by atoms with Crippen LogP contribution in [0, 0.1) is 5.82 Å². The van der Waals surface area contributed by atoms with Crippen molar-refractivity contribution >= 4 is 39.7 Å².